The zero-order chi connectivity index (χ0) is 8.46. The molecule has 1 nitrogen and oxygen atoms in total. The SMILES string of the molecule is C=C1C2C3C4C1C4(C)C(=O)C23C. The molecule has 0 bridgehead atoms. The number of rotatable bonds is 0. The molecule has 4 rings (SSSR count). The maximum atomic E-state index is 12.0. The van der Waals surface area contributed by atoms with Gasteiger partial charge in [-0.2, -0.15) is 0 Å². The largest absolute Gasteiger partial charge is 0.298 e. The summed E-state index contributed by atoms with van der Waals surface area (Å²) in [5.74, 6) is 3.19. The molecule has 0 radical (unpaired) electrons. The molecule has 6 atom stereocenters. The van der Waals surface area contributed by atoms with Crippen LogP contribution < -0.4 is 0 Å². The summed E-state index contributed by atoms with van der Waals surface area (Å²) in [4.78, 5) is 12.0. The van der Waals surface area contributed by atoms with E-state index in [1.54, 1.807) is 0 Å². The van der Waals surface area contributed by atoms with Gasteiger partial charge in [0.15, 0.2) is 0 Å². The summed E-state index contributed by atoms with van der Waals surface area (Å²) in [6.07, 6.45) is 0. The third-order valence-corrected chi connectivity index (χ3v) is 5.34. The number of allylic oxidation sites excluding steroid dienone is 1. The molecule has 1 heteroatoms. The topological polar surface area (TPSA) is 17.1 Å². The van der Waals surface area contributed by atoms with Gasteiger partial charge in [0.25, 0.3) is 0 Å². The predicted octanol–water partition coefficient (Wildman–Crippen LogP) is 1.64. The first-order valence-corrected chi connectivity index (χ1v) is 4.79. The zero-order valence-corrected chi connectivity index (χ0v) is 7.42. The van der Waals surface area contributed by atoms with Crippen LogP contribution in [0.2, 0.25) is 0 Å². The molecule has 4 aliphatic carbocycles. The van der Waals surface area contributed by atoms with E-state index in [-0.39, 0.29) is 10.8 Å². The van der Waals surface area contributed by atoms with E-state index >= 15 is 0 Å². The van der Waals surface area contributed by atoms with Crippen molar-refractivity contribution in [3.8, 4) is 0 Å². The van der Waals surface area contributed by atoms with Crippen LogP contribution in [0.4, 0.5) is 0 Å². The Labute approximate surface area is 71.8 Å². The highest BCUT2D eigenvalue weighted by Gasteiger charge is 2.95. The van der Waals surface area contributed by atoms with Crippen LogP contribution >= 0.6 is 0 Å². The standard InChI is InChI=1S/C11H12O/c1-4-5-7-8-6(4)11(8,3)9(12)10(5,7)2/h5-8H,1H2,2-3H3. The summed E-state index contributed by atoms with van der Waals surface area (Å²) in [5, 5.41) is 0. The van der Waals surface area contributed by atoms with Gasteiger partial charge in [0.05, 0.1) is 0 Å². The van der Waals surface area contributed by atoms with Gasteiger partial charge in [0, 0.05) is 10.8 Å². The highest BCUT2D eigenvalue weighted by molar-refractivity contribution is 6.04. The van der Waals surface area contributed by atoms with Gasteiger partial charge in [-0.3, -0.25) is 4.79 Å². The van der Waals surface area contributed by atoms with Crippen LogP contribution in [0.1, 0.15) is 13.8 Å². The minimum absolute atomic E-state index is 0.0608. The van der Waals surface area contributed by atoms with E-state index in [1.165, 1.54) is 5.57 Å². The molecule has 0 spiro atoms. The van der Waals surface area contributed by atoms with Crippen molar-refractivity contribution in [1.82, 2.24) is 0 Å². The molecule has 0 heterocycles. The van der Waals surface area contributed by atoms with Gasteiger partial charge in [-0.05, 0) is 23.7 Å². The molecule has 4 saturated carbocycles. The fraction of sp³-hybridized carbons (Fsp3) is 0.727. The summed E-state index contributed by atoms with van der Waals surface area (Å²) >= 11 is 0. The lowest BCUT2D eigenvalue weighted by Gasteiger charge is -2.22. The third-order valence-electron chi connectivity index (χ3n) is 5.34. The monoisotopic (exact) mass is 160 g/mol. The Balaban J connectivity index is 2.05. The Kier molecular flexibility index (Phi) is 0.529. The maximum Gasteiger partial charge on any atom is 0.146 e. The van der Waals surface area contributed by atoms with Crippen molar-refractivity contribution < 1.29 is 4.79 Å². The maximum absolute atomic E-state index is 12.0. The number of ketones is 1. The minimum Gasteiger partial charge on any atom is -0.298 e. The van der Waals surface area contributed by atoms with E-state index in [4.69, 9.17) is 0 Å². The lowest BCUT2D eigenvalue weighted by Crippen LogP contribution is -2.29. The van der Waals surface area contributed by atoms with Crippen LogP contribution in [-0.2, 0) is 4.79 Å². The second-order valence-corrected chi connectivity index (χ2v) is 5.48. The van der Waals surface area contributed by atoms with Crippen molar-refractivity contribution in [2.45, 2.75) is 13.8 Å². The highest BCUT2D eigenvalue weighted by Crippen LogP contribution is 2.94. The van der Waals surface area contributed by atoms with Crippen LogP contribution in [0.5, 0.6) is 0 Å². The first kappa shape index (κ1) is 5.95. The Morgan fingerprint density at radius 3 is 1.92 bits per heavy atom. The van der Waals surface area contributed by atoms with Crippen LogP contribution in [-0.4, -0.2) is 5.78 Å². The van der Waals surface area contributed by atoms with Crippen LogP contribution in [0.15, 0.2) is 12.2 Å². The molecular weight excluding hydrogens is 148 g/mol. The first-order valence-electron chi connectivity index (χ1n) is 4.79. The molecule has 4 fully saturated rings. The minimum atomic E-state index is 0.0608. The van der Waals surface area contributed by atoms with Crippen LogP contribution in [0.25, 0.3) is 0 Å². The molecule has 0 aliphatic heterocycles. The Morgan fingerprint density at radius 1 is 1.17 bits per heavy atom. The van der Waals surface area contributed by atoms with Gasteiger partial charge < -0.3 is 0 Å². The van der Waals surface area contributed by atoms with E-state index in [1.807, 2.05) is 0 Å². The normalized spacial score (nSPS) is 74.8. The molecule has 6 unspecified atom stereocenters. The summed E-state index contributed by atoms with van der Waals surface area (Å²) < 4.78 is 0. The number of hydrogen-bond acceptors (Lipinski definition) is 1. The highest BCUT2D eigenvalue weighted by atomic mass is 16.1. The van der Waals surface area contributed by atoms with E-state index in [0.717, 1.165) is 0 Å². The number of carbonyl (C=O) groups excluding carboxylic acids is 1. The lowest BCUT2D eigenvalue weighted by molar-refractivity contribution is -0.129. The second kappa shape index (κ2) is 1.07. The quantitative estimate of drug-likeness (QED) is 0.492. The molecular formula is C11H12O. The van der Waals surface area contributed by atoms with E-state index < -0.39 is 0 Å². The van der Waals surface area contributed by atoms with Gasteiger partial charge in [0.1, 0.15) is 5.78 Å². The lowest BCUT2D eigenvalue weighted by atomic mass is 9.79. The zero-order valence-electron chi connectivity index (χ0n) is 7.42. The Bertz CT molecular complexity index is 337. The van der Waals surface area contributed by atoms with Crippen molar-refractivity contribution >= 4 is 5.78 Å². The van der Waals surface area contributed by atoms with E-state index in [0.29, 0.717) is 29.5 Å². The van der Waals surface area contributed by atoms with E-state index in [2.05, 4.69) is 20.4 Å². The summed E-state index contributed by atoms with van der Waals surface area (Å²) in [7, 11) is 0. The fourth-order valence-electron chi connectivity index (χ4n) is 4.84. The van der Waals surface area contributed by atoms with Crippen molar-refractivity contribution in [1.29, 1.82) is 0 Å². The average Bonchev–Trinajstić information content (AvgIpc) is 2.72. The van der Waals surface area contributed by atoms with Crippen molar-refractivity contribution in [2.24, 2.45) is 34.5 Å². The molecule has 4 aliphatic rings. The Hall–Kier alpha value is -0.590. The summed E-state index contributed by atoms with van der Waals surface area (Å²) in [6.45, 7) is 8.47. The molecule has 12 heavy (non-hydrogen) atoms. The van der Waals surface area contributed by atoms with Crippen molar-refractivity contribution in [3.63, 3.8) is 0 Å². The number of hydrogen-bond donors (Lipinski definition) is 0. The molecule has 0 amide bonds. The molecule has 0 aromatic heterocycles. The number of carbonyl (C=O) groups is 1. The van der Waals surface area contributed by atoms with Crippen molar-refractivity contribution in [3.05, 3.63) is 12.2 Å². The van der Waals surface area contributed by atoms with Gasteiger partial charge >= 0.3 is 0 Å². The Morgan fingerprint density at radius 2 is 1.58 bits per heavy atom. The van der Waals surface area contributed by atoms with Crippen molar-refractivity contribution in [2.75, 3.05) is 0 Å². The van der Waals surface area contributed by atoms with E-state index in [9.17, 15) is 4.79 Å². The fourth-order valence-corrected chi connectivity index (χ4v) is 4.84. The molecule has 0 aromatic carbocycles. The molecule has 0 aromatic rings. The predicted molar refractivity (Wildman–Crippen MR) is 44.3 cm³/mol. The number of Topliss-reactive ketones (excluding diaryl/α,β-unsaturated/α-hetero) is 1. The molecule has 62 valence electrons. The summed E-state index contributed by atoms with van der Waals surface area (Å²) in [5.41, 5.74) is 1.53. The van der Waals surface area contributed by atoms with Gasteiger partial charge in [-0.1, -0.05) is 26.0 Å². The van der Waals surface area contributed by atoms with Crippen LogP contribution in [0, 0.1) is 34.5 Å². The smallest absolute Gasteiger partial charge is 0.146 e. The second-order valence-electron chi connectivity index (χ2n) is 5.48. The molecule has 0 saturated heterocycles. The number of fused-ring (bicyclic) bond motifs is 2. The molecule has 0 N–H and O–H groups in total. The summed E-state index contributed by atoms with van der Waals surface area (Å²) in [6, 6.07) is 0. The van der Waals surface area contributed by atoms with Gasteiger partial charge in [-0.15, -0.1) is 0 Å². The van der Waals surface area contributed by atoms with Gasteiger partial charge in [-0.25, -0.2) is 0 Å². The van der Waals surface area contributed by atoms with Crippen LogP contribution in [0.3, 0.4) is 0 Å². The first-order chi connectivity index (χ1) is 5.55. The van der Waals surface area contributed by atoms with Gasteiger partial charge in [0.2, 0.25) is 0 Å². The average molecular weight is 160 g/mol. The third kappa shape index (κ3) is 0.252.